The fourth-order valence-electron chi connectivity index (χ4n) is 9.47. The van der Waals surface area contributed by atoms with Gasteiger partial charge >= 0.3 is 0 Å². The number of unbranched alkanes of at least 4 members (excludes halogenated alkanes) is 34. The van der Waals surface area contributed by atoms with Crippen LogP contribution in [0.5, 0.6) is 11.5 Å². The molecule has 6 heteroatoms. The standard InChI is InChI=1S/C62H96N2O4/c1-3-5-7-9-11-13-15-17-19-21-23-25-27-29-31-33-35-37-51-67-55-43-39-53(40-44-55)61(65)59-49-47-57(63-59)58-48-50-60(64-58)62(66)54-41-45-56(46-42-54)68-52-38-36-34-32-30-28-26-24-22-20-18-16-14-12-10-8-6-4-2/h39-50,63-64H,3-38,51-52H2,1-2H3. The molecule has 0 bridgehead atoms. The van der Waals surface area contributed by atoms with E-state index in [0.29, 0.717) is 35.7 Å². The lowest BCUT2D eigenvalue weighted by Crippen LogP contribution is -2.03. The van der Waals surface area contributed by atoms with Gasteiger partial charge in [0.15, 0.2) is 0 Å². The minimum Gasteiger partial charge on any atom is -0.494 e. The number of ether oxygens (including phenoxy) is 2. The van der Waals surface area contributed by atoms with E-state index in [1.807, 2.05) is 60.7 Å². The van der Waals surface area contributed by atoms with Crippen LogP contribution in [0.4, 0.5) is 0 Å². The molecule has 0 fully saturated rings. The van der Waals surface area contributed by atoms with Gasteiger partial charge < -0.3 is 19.4 Å². The van der Waals surface area contributed by atoms with Gasteiger partial charge in [-0.3, -0.25) is 9.59 Å². The van der Waals surface area contributed by atoms with Crippen molar-refractivity contribution in [3.05, 3.63) is 95.3 Å². The average Bonchev–Trinajstić information content (AvgIpc) is 4.07. The normalized spacial score (nSPS) is 11.4. The highest BCUT2D eigenvalue weighted by Gasteiger charge is 2.16. The molecule has 2 N–H and O–H groups in total. The smallest absolute Gasteiger partial charge is 0.209 e. The number of carbonyl (C=O) groups excluding carboxylic acids is 2. The molecule has 2 aromatic heterocycles. The van der Waals surface area contributed by atoms with Crippen molar-refractivity contribution < 1.29 is 19.1 Å². The zero-order valence-electron chi connectivity index (χ0n) is 43.4. The number of carbonyl (C=O) groups is 2. The van der Waals surface area contributed by atoms with Gasteiger partial charge in [0.05, 0.1) is 36.0 Å². The van der Waals surface area contributed by atoms with Crippen molar-refractivity contribution in [3.8, 4) is 22.9 Å². The molecule has 0 aliphatic heterocycles. The summed E-state index contributed by atoms with van der Waals surface area (Å²) in [5.41, 5.74) is 3.69. The number of ketones is 2. The van der Waals surface area contributed by atoms with E-state index in [0.717, 1.165) is 35.7 Å². The summed E-state index contributed by atoms with van der Waals surface area (Å²) in [7, 11) is 0. The predicted molar refractivity (Wildman–Crippen MR) is 289 cm³/mol. The molecule has 0 unspecified atom stereocenters. The third kappa shape index (κ3) is 25.0. The summed E-state index contributed by atoms with van der Waals surface area (Å²) in [5.74, 6) is 1.41. The van der Waals surface area contributed by atoms with Crippen molar-refractivity contribution in [3.63, 3.8) is 0 Å². The minimum absolute atomic E-state index is 0.0864. The molecule has 0 atom stereocenters. The Hall–Kier alpha value is -4.06. The molecule has 2 heterocycles. The van der Waals surface area contributed by atoms with Crippen LogP contribution in [0.2, 0.25) is 0 Å². The van der Waals surface area contributed by atoms with Crippen LogP contribution in [-0.2, 0) is 0 Å². The topological polar surface area (TPSA) is 84.2 Å². The van der Waals surface area contributed by atoms with E-state index < -0.39 is 0 Å². The first-order valence-electron chi connectivity index (χ1n) is 28.5. The molecule has 0 radical (unpaired) electrons. The number of benzene rings is 2. The van der Waals surface area contributed by atoms with Crippen LogP contribution in [0, 0.1) is 0 Å². The van der Waals surface area contributed by atoms with Crippen molar-refractivity contribution in [1.29, 1.82) is 0 Å². The molecule has 6 nitrogen and oxygen atoms in total. The molecule has 0 amide bonds. The summed E-state index contributed by atoms with van der Waals surface area (Å²) in [6.07, 6.45) is 49.2. The van der Waals surface area contributed by atoms with Gasteiger partial charge in [0, 0.05) is 11.1 Å². The monoisotopic (exact) mass is 933 g/mol. The van der Waals surface area contributed by atoms with Crippen molar-refractivity contribution in [1.82, 2.24) is 9.97 Å². The quantitative estimate of drug-likeness (QED) is 0.0342. The summed E-state index contributed by atoms with van der Waals surface area (Å²) in [4.78, 5) is 33.2. The average molecular weight is 933 g/mol. The number of nitrogens with one attached hydrogen (secondary N) is 2. The first-order valence-corrected chi connectivity index (χ1v) is 28.5. The van der Waals surface area contributed by atoms with E-state index >= 15 is 0 Å². The van der Waals surface area contributed by atoms with E-state index in [9.17, 15) is 9.59 Å². The van der Waals surface area contributed by atoms with Gasteiger partial charge in [0.1, 0.15) is 11.5 Å². The van der Waals surface area contributed by atoms with Crippen molar-refractivity contribution in [2.75, 3.05) is 13.2 Å². The van der Waals surface area contributed by atoms with Crippen molar-refractivity contribution in [2.24, 2.45) is 0 Å². The molecule has 0 aliphatic carbocycles. The molecule has 0 saturated carbocycles. The van der Waals surface area contributed by atoms with Gasteiger partial charge in [-0.05, 0) is 85.6 Å². The van der Waals surface area contributed by atoms with Crippen LogP contribution in [0.3, 0.4) is 0 Å². The predicted octanol–water partition coefficient (Wildman–Crippen LogP) is 19.3. The number of aromatic nitrogens is 2. The Morgan fingerprint density at radius 1 is 0.309 bits per heavy atom. The molecule has 378 valence electrons. The Labute approximate surface area is 415 Å². The number of hydrogen-bond acceptors (Lipinski definition) is 4. The molecule has 2 aromatic carbocycles. The Bertz CT molecular complexity index is 1690. The highest BCUT2D eigenvalue weighted by molar-refractivity contribution is 6.09. The fraction of sp³-hybridized carbons (Fsp3) is 0.645. The van der Waals surface area contributed by atoms with E-state index in [2.05, 4.69) is 23.8 Å². The highest BCUT2D eigenvalue weighted by Crippen LogP contribution is 2.24. The molecular weight excluding hydrogens is 837 g/mol. The van der Waals surface area contributed by atoms with Gasteiger partial charge in [-0.25, -0.2) is 0 Å². The number of aromatic amines is 2. The molecule has 0 saturated heterocycles. The molecular formula is C62H96N2O4. The van der Waals surface area contributed by atoms with Crippen LogP contribution >= 0.6 is 0 Å². The fourth-order valence-corrected chi connectivity index (χ4v) is 9.47. The zero-order valence-corrected chi connectivity index (χ0v) is 43.4. The first kappa shape index (κ1) is 56.5. The molecule has 0 aliphatic rings. The second-order valence-electron chi connectivity index (χ2n) is 20.0. The van der Waals surface area contributed by atoms with Crippen molar-refractivity contribution in [2.45, 2.75) is 245 Å². The van der Waals surface area contributed by atoms with Gasteiger partial charge in [0.2, 0.25) is 11.6 Å². The minimum atomic E-state index is -0.0864. The Morgan fingerprint density at radius 3 is 0.794 bits per heavy atom. The third-order valence-corrected chi connectivity index (χ3v) is 13.9. The summed E-state index contributed by atoms with van der Waals surface area (Å²) in [5, 5.41) is 0. The number of H-pyrrole nitrogens is 2. The zero-order chi connectivity index (χ0) is 48.0. The molecule has 4 rings (SSSR count). The maximum Gasteiger partial charge on any atom is 0.209 e. The van der Waals surface area contributed by atoms with Crippen molar-refractivity contribution >= 4 is 11.6 Å². The summed E-state index contributed by atoms with van der Waals surface area (Å²) in [6.45, 7) is 5.98. The number of rotatable bonds is 45. The van der Waals surface area contributed by atoms with Gasteiger partial charge in [-0.2, -0.15) is 0 Å². The van der Waals surface area contributed by atoms with E-state index in [1.54, 1.807) is 12.1 Å². The Morgan fingerprint density at radius 2 is 0.544 bits per heavy atom. The SMILES string of the molecule is CCCCCCCCCCCCCCCCCCCCOc1ccc(C(=O)c2ccc(-c3ccc(C(=O)c4ccc(OCCCCCCCCCCCCCCCCCCCC)cc4)[nH]3)[nH]2)cc1. The molecule has 68 heavy (non-hydrogen) atoms. The Kier molecular flexibility index (Phi) is 31.4. The van der Waals surface area contributed by atoms with E-state index in [4.69, 9.17) is 9.47 Å². The van der Waals surface area contributed by atoms with Gasteiger partial charge in [-0.15, -0.1) is 0 Å². The molecule has 4 aromatic rings. The summed E-state index contributed by atoms with van der Waals surface area (Å²) >= 11 is 0. The summed E-state index contributed by atoms with van der Waals surface area (Å²) < 4.78 is 12.0. The maximum atomic E-state index is 13.3. The lowest BCUT2D eigenvalue weighted by atomic mass is 10.0. The largest absolute Gasteiger partial charge is 0.494 e. The number of hydrogen-bond donors (Lipinski definition) is 2. The summed E-state index contributed by atoms with van der Waals surface area (Å²) in [6, 6.07) is 22.2. The lowest BCUT2D eigenvalue weighted by molar-refractivity contribution is 0.102. The first-order chi connectivity index (χ1) is 33.6. The van der Waals surface area contributed by atoms with Crippen LogP contribution in [0.1, 0.15) is 277 Å². The maximum absolute atomic E-state index is 13.3. The second-order valence-corrected chi connectivity index (χ2v) is 20.0. The molecule has 0 spiro atoms. The highest BCUT2D eigenvalue weighted by atomic mass is 16.5. The van der Waals surface area contributed by atoms with E-state index in [1.165, 1.54) is 218 Å². The van der Waals surface area contributed by atoms with Crippen LogP contribution in [0.15, 0.2) is 72.8 Å². The van der Waals surface area contributed by atoms with Crippen LogP contribution in [-0.4, -0.2) is 34.7 Å². The van der Waals surface area contributed by atoms with Gasteiger partial charge in [-0.1, -0.05) is 232 Å². The van der Waals surface area contributed by atoms with Crippen LogP contribution < -0.4 is 9.47 Å². The Balaban J connectivity index is 0.995. The van der Waals surface area contributed by atoms with Gasteiger partial charge in [0.25, 0.3) is 0 Å². The third-order valence-electron chi connectivity index (χ3n) is 13.9. The van der Waals surface area contributed by atoms with E-state index in [-0.39, 0.29) is 11.6 Å². The second kappa shape index (κ2) is 37.8. The van der Waals surface area contributed by atoms with Crippen LogP contribution in [0.25, 0.3) is 11.4 Å². The lowest BCUT2D eigenvalue weighted by Gasteiger charge is -2.07.